The van der Waals surface area contributed by atoms with E-state index < -0.39 is 0 Å². The third kappa shape index (κ3) is 3.18. The van der Waals surface area contributed by atoms with Gasteiger partial charge in [-0.15, -0.1) is 5.10 Å². The zero-order valence-electron chi connectivity index (χ0n) is 6.82. The summed E-state index contributed by atoms with van der Waals surface area (Å²) in [6, 6.07) is 1.69. The van der Waals surface area contributed by atoms with Crippen molar-refractivity contribution in [3.8, 4) is 11.6 Å². The fourth-order valence-electron chi connectivity index (χ4n) is 0.604. The van der Waals surface area contributed by atoms with Crippen LogP contribution in [0.5, 0.6) is 11.6 Å². The summed E-state index contributed by atoms with van der Waals surface area (Å²) in [4.78, 5) is 0. The molecule has 0 aromatic carbocycles. The average Bonchev–Trinajstić information content (AvgIpc) is 2.20. The minimum atomic E-state index is 0.407. The highest BCUT2D eigenvalue weighted by Crippen LogP contribution is 2.20. The highest BCUT2D eigenvalue weighted by atomic mass is 127. The maximum Gasteiger partial charge on any atom is 0.276 e. The maximum absolute atomic E-state index is 4.91. The second kappa shape index (κ2) is 7.04. The Labute approximate surface area is 84.8 Å². The molecule has 68 valence electrons. The van der Waals surface area contributed by atoms with E-state index in [1.54, 1.807) is 42.2 Å². The van der Waals surface area contributed by atoms with E-state index in [2.05, 4.69) is 14.1 Å². The van der Waals surface area contributed by atoms with Crippen LogP contribution in [0.1, 0.15) is 0 Å². The molecule has 0 radical (unpaired) electrons. The minimum Gasteiger partial charge on any atom is -0.491 e. The van der Waals surface area contributed by atoms with E-state index in [0.29, 0.717) is 11.6 Å². The van der Waals surface area contributed by atoms with E-state index in [1.807, 2.05) is 0 Å². The Balaban J connectivity index is 0.000000561. The van der Waals surface area contributed by atoms with E-state index in [9.17, 15) is 0 Å². The number of rotatable bonds is 2. The molecule has 6 heteroatoms. The SMILES string of the molecule is COc1ccnnc1OC.NI. The summed E-state index contributed by atoms with van der Waals surface area (Å²) < 4.78 is 14.2. The Morgan fingerprint density at radius 2 is 2.00 bits per heavy atom. The van der Waals surface area contributed by atoms with Crippen LogP contribution in [0.2, 0.25) is 0 Å². The van der Waals surface area contributed by atoms with Crippen LogP contribution in [0.4, 0.5) is 0 Å². The van der Waals surface area contributed by atoms with Crippen LogP contribution in [0, 0.1) is 0 Å². The van der Waals surface area contributed by atoms with Crippen molar-refractivity contribution < 1.29 is 9.47 Å². The first-order valence-corrected chi connectivity index (χ1v) is 4.24. The first kappa shape index (κ1) is 11.4. The van der Waals surface area contributed by atoms with Gasteiger partial charge in [0.05, 0.1) is 20.4 Å². The molecule has 1 aromatic heterocycles. The third-order valence-electron chi connectivity index (χ3n) is 1.07. The zero-order valence-corrected chi connectivity index (χ0v) is 8.98. The molecule has 0 aliphatic heterocycles. The van der Waals surface area contributed by atoms with Crippen molar-refractivity contribution in [2.45, 2.75) is 0 Å². The van der Waals surface area contributed by atoms with Gasteiger partial charge in [0.2, 0.25) is 0 Å². The summed E-state index contributed by atoms with van der Waals surface area (Å²) in [6.07, 6.45) is 1.54. The monoisotopic (exact) mass is 283 g/mol. The molecule has 2 N–H and O–H groups in total. The van der Waals surface area contributed by atoms with Gasteiger partial charge < -0.3 is 9.47 Å². The predicted octanol–water partition coefficient (Wildman–Crippen LogP) is 0.789. The van der Waals surface area contributed by atoms with Crippen LogP contribution < -0.4 is 13.4 Å². The largest absolute Gasteiger partial charge is 0.491 e. The quantitative estimate of drug-likeness (QED) is 0.642. The van der Waals surface area contributed by atoms with Crippen LogP contribution >= 0.6 is 22.9 Å². The second-order valence-electron chi connectivity index (χ2n) is 1.61. The molecule has 0 unspecified atom stereocenters. The highest BCUT2D eigenvalue weighted by molar-refractivity contribution is 14.1. The number of hydrogen-bond acceptors (Lipinski definition) is 5. The van der Waals surface area contributed by atoms with Crippen molar-refractivity contribution in [1.82, 2.24) is 10.2 Å². The number of aromatic nitrogens is 2. The standard InChI is InChI=1S/C6H8N2O2.H2IN/c1-9-5-3-4-7-8-6(5)10-2;1-2/h3-4H,1-2H3;2H2. The summed E-state index contributed by atoms with van der Waals surface area (Å²) in [7, 11) is 3.08. The Hall–Kier alpha value is -0.630. The third-order valence-corrected chi connectivity index (χ3v) is 1.07. The lowest BCUT2D eigenvalue weighted by atomic mass is 10.5. The fraction of sp³-hybridized carbons (Fsp3) is 0.333. The van der Waals surface area contributed by atoms with Crippen LogP contribution in [0.15, 0.2) is 12.3 Å². The van der Waals surface area contributed by atoms with Crippen molar-refractivity contribution >= 4 is 22.9 Å². The van der Waals surface area contributed by atoms with Crippen LogP contribution in [-0.2, 0) is 0 Å². The Morgan fingerprint density at radius 3 is 2.42 bits per heavy atom. The van der Waals surface area contributed by atoms with Gasteiger partial charge in [-0.05, 0) is 0 Å². The number of hydrogen-bond donors (Lipinski definition) is 1. The Kier molecular flexibility index (Phi) is 6.67. The smallest absolute Gasteiger partial charge is 0.276 e. The molecule has 0 saturated carbocycles. The molecule has 0 atom stereocenters. The summed E-state index contributed by atoms with van der Waals surface area (Å²) >= 11 is 1.65. The lowest BCUT2D eigenvalue weighted by Gasteiger charge is -2.02. The zero-order chi connectivity index (χ0) is 9.40. The summed E-state index contributed by atoms with van der Waals surface area (Å²) in [5, 5.41) is 7.28. The number of nitrogens with zero attached hydrogens (tertiary/aromatic N) is 2. The second-order valence-corrected chi connectivity index (χ2v) is 1.61. The van der Waals surface area contributed by atoms with Crippen molar-refractivity contribution in [3.63, 3.8) is 0 Å². The number of halogens is 1. The van der Waals surface area contributed by atoms with Crippen LogP contribution in [0.25, 0.3) is 0 Å². The van der Waals surface area contributed by atoms with Gasteiger partial charge in [-0.3, -0.25) is 3.95 Å². The average molecular weight is 283 g/mol. The van der Waals surface area contributed by atoms with Gasteiger partial charge >= 0.3 is 0 Å². The highest BCUT2D eigenvalue weighted by Gasteiger charge is 2.00. The van der Waals surface area contributed by atoms with Gasteiger partial charge in [0.1, 0.15) is 0 Å². The van der Waals surface area contributed by atoms with Gasteiger partial charge in [0.15, 0.2) is 5.75 Å². The fourth-order valence-corrected chi connectivity index (χ4v) is 0.604. The van der Waals surface area contributed by atoms with Crippen molar-refractivity contribution in [1.29, 1.82) is 0 Å². The van der Waals surface area contributed by atoms with Gasteiger partial charge in [-0.1, -0.05) is 0 Å². The summed E-state index contributed by atoms with van der Waals surface area (Å²) in [6.45, 7) is 0. The molecular weight excluding hydrogens is 273 g/mol. The molecule has 5 nitrogen and oxygen atoms in total. The van der Waals surface area contributed by atoms with Gasteiger partial charge in [0.25, 0.3) is 5.88 Å². The molecule has 1 rings (SSSR count). The topological polar surface area (TPSA) is 70.3 Å². The minimum absolute atomic E-state index is 0.407. The molecule has 0 bridgehead atoms. The molecule has 0 fully saturated rings. The van der Waals surface area contributed by atoms with Gasteiger partial charge in [-0.25, -0.2) is 0 Å². The number of methoxy groups -OCH3 is 2. The summed E-state index contributed by atoms with van der Waals surface area (Å²) in [5.74, 6) is 1.00. The molecule has 1 heterocycles. The van der Waals surface area contributed by atoms with Gasteiger partial charge in [0, 0.05) is 28.9 Å². The number of nitrogens with two attached hydrogens (primary N) is 1. The van der Waals surface area contributed by atoms with E-state index in [-0.39, 0.29) is 0 Å². The first-order chi connectivity index (χ1) is 5.88. The molecular formula is C6H10IN3O2. The molecule has 0 amide bonds. The van der Waals surface area contributed by atoms with Crippen LogP contribution in [-0.4, -0.2) is 24.4 Å². The van der Waals surface area contributed by atoms with Crippen LogP contribution in [0.3, 0.4) is 0 Å². The number of ether oxygens (including phenoxy) is 2. The van der Waals surface area contributed by atoms with Crippen molar-refractivity contribution in [2.75, 3.05) is 14.2 Å². The van der Waals surface area contributed by atoms with E-state index in [1.165, 1.54) is 7.11 Å². The van der Waals surface area contributed by atoms with Crippen molar-refractivity contribution in [3.05, 3.63) is 12.3 Å². The predicted molar refractivity (Wildman–Crippen MR) is 53.3 cm³/mol. The normalized spacial score (nSPS) is 8.00. The molecule has 0 aliphatic rings. The Morgan fingerprint density at radius 1 is 1.33 bits per heavy atom. The maximum atomic E-state index is 4.91. The van der Waals surface area contributed by atoms with E-state index >= 15 is 0 Å². The molecule has 0 aliphatic carbocycles. The van der Waals surface area contributed by atoms with E-state index in [4.69, 9.17) is 9.47 Å². The lowest BCUT2D eigenvalue weighted by molar-refractivity contribution is 0.338. The molecule has 0 spiro atoms. The van der Waals surface area contributed by atoms with Crippen molar-refractivity contribution in [2.24, 2.45) is 3.95 Å². The first-order valence-electron chi connectivity index (χ1n) is 3.00. The molecule has 12 heavy (non-hydrogen) atoms. The lowest BCUT2D eigenvalue weighted by Crippen LogP contribution is -1.93. The molecule has 1 aromatic rings. The summed E-state index contributed by atoms with van der Waals surface area (Å²) in [5.41, 5.74) is 0. The molecule has 0 saturated heterocycles. The Bertz CT molecular complexity index is 199. The van der Waals surface area contributed by atoms with E-state index in [0.717, 1.165) is 0 Å². The van der Waals surface area contributed by atoms with Gasteiger partial charge in [-0.2, -0.15) is 5.10 Å².